The first-order valence-corrected chi connectivity index (χ1v) is 4.75. The number of rotatable bonds is 3. The van der Waals surface area contributed by atoms with Crippen molar-refractivity contribution >= 4 is 5.91 Å². The van der Waals surface area contributed by atoms with Gasteiger partial charge in [-0.2, -0.15) is 0 Å². The van der Waals surface area contributed by atoms with E-state index in [-0.39, 0.29) is 12.3 Å². The van der Waals surface area contributed by atoms with E-state index in [9.17, 15) is 13.6 Å². The third kappa shape index (κ3) is 1.81. The summed E-state index contributed by atoms with van der Waals surface area (Å²) in [6.07, 6.45) is 1.98. The Balaban J connectivity index is 1.71. The van der Waals surface area contributed by atoms with Gasteiger partial charge in [-0.25, -0.2) is 8.78 Å². The van der Waals surface area contributed by atoms with E-state index < -0.39 is 11.8 Å². The van der Waals surface area contributed by atoms with Crippen LogP contribution in [0.5, 0.6) is 0 Å². The molecule has 0 aromatic heterocycles. The van der Waals surface area contributed by atoms with Crippen LogP contribution in [0.3, 0.4) is 0 Å². The molecule has 1 unspecified atom stereocenters. The van der Waals surface area contributed by atoms with Crippen molar-refractivity contribution in [3.8, 4) is 0 Å². The zero-order valence-corrected chi connectivity index (χ0v) is 7.43. The lowest BCUT2D eigenvalue weighted by Crippen LogP contribution is -2.26. The van der Waals surface area contributed by atoms with Crippen LogP contribution in [-0.4, -0.2) is 29.8 Å². The lowest BCUT2D eigenvalue weighted by Gasteiger charge is -2.14. The summed E-state index contributed by atoms with van der Waals surface area (Å²) in [6, 6.07) is 0. The zero-order valence-electron chi connectivity index (χ0n) is 7.43. The minimum atomic E-state index is -2.43. The van der Waals surface area contributed by atoms with Crippen LogP contribution in [0.1, 0.15) is 25.7 Å². The molecule has 0 spiro atoms. The highest BCUT2D eigenvalue weighted by atomic mass is 19.3. The maximum absolute atomic E-state index is 12.5. The standard InChI is InChI=1S/C9H13F2NO/c10-9(11)6-7(9)3-5-12-4-1-2-8(12)13/h7H,1-6H2. The summed E-state index contributed by atoms with van der Waals surface area (Å²) in [5.74, 6) is -2.76. The Bertz CT molecular complexity index is 230. The number of hydrogen-bond donors (Lipinski definition) is 0. The van der Waals surface area contributed by atoms with Gasteiger partial charge < -0.3 is 4.90 Å². The molecule has 2 nitrogen and oxygen atoms in total. The third-order valence-electron chi connectivity index (χ3n) is 2.87. The first-order valence-electron chi connectivity index (χ1n) is 4.75. The number of carbonyl (C=O) groups excluding carboxylic acids is 1. The highest BCUT2D eigenvalue weighted by Crippen LogP contribution is 2.50. The van der Waals surface area contributed by atoms with E-state index in [0.29, 0.717) is 19.4 Å². The smallest absolute Gasteiger partial charge is 0.251 e. The lowest BCUT2D eigenvalue weighted by atomic mass is 10.3. The molecule has 2 rings (SSSR count). The molecule has 2 aliphatic rings. The molecule has 74 valence electrons. The van der Waals surface area contributed by atoms with Gasteiger partial charge in [-0.05, 0) is 12.8 Å². The average molecular weight is 189 g/mol. The number of amides is 1. The molecule has 1 heterocycles. The van der Waals surface area contributed by atoms with Gasteiger partial charge in [0.05, 0.1) is 0 Å². The van der Waals surface area contributed by atoms with Crippen LogP contribution in [0.25, 0.3) is 0 Å². The van der Waals surface area contributed by atoms with E-state index >= 15 is 0 Å². The fourth-order valence-corrected chi connectivity index (χ4v) is 1.83. The molecule has 1 aliphatic carbocycles. The minimum absolute atomic E-state index is 0.0228. The van der Waals surface area contributed by atoms with Gasteiger partial charge >= 0.3 is 0 Å². The molecule has 0 bridgehead atoms. The average Bonchev–Trinajstić information content (AvgIpc) is 2.47. The molecule has 2 fully saturated rings. The molecule has 0 N–H and O–H groups in total. The summed E-state index contributed by atoms with van der Waals surface area (Å²) in [7, 11) is 0. The SMILES string of the molecule is O=C1CCCN1CCC1CC1(F)F. The highest BCUT2D eigenvalue weighted by Gasteiger charge is 2.56. The maximum atomic E-state index is 12.5. The molecular formula is C9H13F2NO. The van der Waals surface area contributed by atoms with Crippen molar-refractivity contribution in [3.63, 3.8) is 0 Å². The molecular weight excluding hydrogens is 176 g/mol. The van der Waals surface area contributed by atoms with Crippen LogP contribution in [0.2, 0.25) is 0 Å². The number of carbonyl (C=O) groups is 1. The molecule has 1 atom stereocenters. The Morgan fingerprint density at radius 2 is 2.23 bits per heavy atom. The Morgan fingerprint density at radius 3 is 2.69 bits per heavy atom. The summed E-state index contributed by atoms with van der Waals surface area (Å²) in [4.78, 5) is 12.8. The van der Waals surface area contributed by atoms with Crippen LogP contribution < -0.4 is 0 Å². The van der Waals surface area contributed by atoms with Crippen LogP contribution in [0.4, 0.5) is 8.78 Å². The van der Waals surface area contributed by atoms with Gasteiger partial charge in [0.1, 0.15) is 0 Å². The van der Waals surface area contributed by atoms with E-state index in [2.05, 4.69) is 0 Å². The van der Waals surface area contributed by atoms with E-state index in [1.54, 1.807) is 4.90 Å². The molecule has 0 aromatic rings. The third-order valence-corrected chi connectivity index (χ3v) is 2.87. The van der Waals surface area contributed by atoms with Crippen molar-refractivity contribution in [2.45, 2.75) is 31.6 Å². The van der Waals surface area contributed by atoms with Crippen LogP contribution >= 0.6 is 0 Å². The van der Waals surface area contributed by atoms with E-state index in [1.807, 2.05) is 0 Å². The Hall–Kier alpha value is -0.670. The summed E-state index contributed by atoms with van der Waals surface area (Å²) in [5.41, 5.74) is 0. The normalized spacial score (nSPS) is 31.1. The number of nitrogens with zero attached hydrogens (tertiary/aromatic N) is 1. The van der Waals surface area contributed by atoms with Gasteiger partial charge in [-0.15, -0.1) is 0 Å². The van der Waals surface area contributed by atoms with Crippen LogP contribution in [0, 0.1) is 5.92 Å². The second-order valence-corrected chi connectivity index (χ2v) is 3.94. The summed E-state index contributed by atoms with van der Waals surface area (Å²) < 4.78 is 24.9. The largest absolute Gasteiger partial charge is 0.343 e. The van der Waals surface area contributed by atoms with Gasteiger partial charge in [-0.3, -0.25) is 4.79 Å². The number of halogens is 2. The Morgan fingerprint density at radius 1 is 1.54 bits per heavy atom. The van der Waals surface area contributed by atoms with Gasteiger partial charge in [-0.1, -0.05) is 0 Å². The second kappa shape index (κ2) is 2.93. The van der Waals surface area contributed by atoms with E-state index in [4.69, 9.17) is 0 Å². The summed E-state index contributed by atoms with van der Waals surface area (Å²) in [6.45, 7) is 1.29. The molecule has 1 saturated heterocycles. The molecule has 0 aromatic carbocycles. The molecule has 1 amide bonds. The van der Waals surface area contributed by atoms with Crippen LogP contribution in [-0.2, 0) is 4.79 Å². The Labute approximate surface area is 75.9 Å². The Kier molecular flexibility index (Phi) is 2.00. The molecule has 1 saturated carbocycles. The maximum Gasteiger partial charge on any atom is 0.251 e. The van der Waals surface area contributed by atoms with Crippen molar-refractivity contribution in [2.75, 3.05) is 13.1 Å². The van der Waals surface area contributed by atoms with Crippen molar-refractivity contribution in [1.82, 2.24) is 4.90 Å². The van der Waals surface area contributed by atoms with Gasteiger partial charge in [0, 0.05) is 31.8 Å². The molecule has 13 heavy (non-hydrogen) atoms. The van der Waals surface area contributed by atoms with Crippen molar-refractivity contribution in [3.05, 3.63) is 0 Å². The molecule has 0 radical (unpaired) electrons. The lowest BCUT2D eigenvalue weighted by molar-refractivity contribution is -0.127. The second-order valence-electron chi connectivity index (χ2n) is 3.94. The fraction of sp³-hybridized carbons (Fsp3) is 0.889. The predicted molar refractivity (Wildman–Crippen MR) is 43.5 cm³/mol. The molecule has 1 aliphatic heterocycles. The van der Waals surface area contributed by atoms with Crippen molar-refractivity contribution in [2.24, 2.45) is 5.92 Å². The van der Waals surface area contributed by atoms with Gasteiger partial charge in [0.25, 0.3) is 5.92 Å². The van der Waals surface area contributed by atoms with E-state index in [0.717, 1.165) is 13.0 Å². The van der Waals surface area contributed by atoms with Gasteiger partial charge in [0.15, 0.2) is 0 Å². The number of hydrogen-bond acceptors (Lipinski definition) is 1. The fourth-order valence-electron chi connectivity index (χ4n) is 1.83. The number of alkyl halides is 2. The monoisotopic (exact) mass is 189 g/mol. The predicted octanol–water partition coefficient (Wildman–Crippen LogP) is 1.65. The quantitative estimate of drug-likeness (QED) is 0.661. The first-order chi connectivity index (χ1) is 6.09. The van der Waals surface area contributed by atoms with Gasteiger partial charge in [0.2, 0.25) is 5.91 Å². The topological polar surface area (TPSA) is 20.3 Å². The first kappa shape index (κ1) is 8.91. The molecule has 4 heteroatoms. The van der Waals surface area contributed by atoms with E-state index in [1.165, 1.54) is 0 Å². The summed E-state index contributed by atoms with van der Waals surface area (Å²) in [5, 5.41) is 0. The minimum Gasteiger partial charge on any atom is -0.343 e. The zero-order chi connectivity index (χ0) is 9.47. The highest BCUT2D eigenvalue weighted by molar-refractivity contribution is 5.77. The van der Waals surface area contributed by atoms with Crippen LogP contribution in [0.15, 0.2) is 0 Å². The van der Waals surface area contributed by atoms with Crippen molar-refractivity contribution in [1.29, 1.82) is 0 Å². The number of likely N-dealkylation sites (tertiary alicyclic amines) is 1. The van der Waals surface area contributed by atoms with Crippen molar-refractivity contribution < 1.29 is 13.6 Å². The summed E-state index contributed by atoms with van der Waals surface area (Å²) >= 11 is 0.